The molecule has 3 aromatic rings. The second-order valence-electron chi connectivity index (χ2n) is 6.44. The monoisotopic (exact) mass is 395 g/mol. The van der Waals surface area contributed by atoms with Gasteiger partial charge in [0.05, 0.1) is 25.1 Å². The van der Waals surface area contributed by atoms with E-state index in [9.17, 15) is 4.79 Å². The van der Waals surface area contributed by atoms with Crippen LogP contribution in [0, 0.1) is 0 Å². The quantitative estimate of drug-likeness (QED) is 0.634. The van der Waals surface area contributed by atoms with Crippen LogP contribution < -0.4 is 9.47 Å². The van der Waals surface area contributed by atoms with Gasteiger partial charge in [-0.25, -0.2) is 4.68 Å². The Balaban J connectivity index is 2.03. The van der Waals surface area contributed by atoms with Crippen molar-refractivity contribution in [1.29, 1.82) is 0 Å². The lowest BCUT2D eigenvalue weighted by Gasteiger charge is -2.12. The van der Waals surface area contributed by atoms with E-state index >= 15 is 0 Å². The lowest BCUT2D eigenvalue weighted by atomic mass is 10.1. The molecule has 0 saturated carbocycles. The summed E-state index contributed by atoms with van der Waals surface area (Å²) in [5, 5.41) is 13.5. The Morgan fingerprint density at radius 2 is 1.76 bits per heavy atom. The summed E-state index contributed by atoms with van der Waals surface area (Å²) in [6, 6.07) is 16.8. The Kier molecular flexibility index (Phi) is 6.51. The predicted octanol–water partition coefficient (Wildman–Crippen LogP) is 3.01. The zero-order valence-electron chi connectivity index (χ0n) is 16.8. The first kappa shape index (κ1) is 20.4. The van der Waals surface area contributed by atoms with Crippen LogP contribution >= 0.6 is 0 Å². The maximum Gasteiger partial charge on any atom is 0.274 e. The van der Waals surface area contributed by atoms with E-state index in [1.165, 1.54) is 0 Å². The first-order valence-corrected chi connectivity index (χ1v) is 9.41. The molecule has 152 valence electrons. The summed E-state index contributed by atoms with van der Waals surface area (Å²) < 4.78 is 12.4. The van der Waals surface area contributed by atoms with E-state index < -0.39 is 0 Å². The minimum Gasteiger partial charge on any atom is -0.497 e. The maximum absolute atomic E-state index is 12.7. The number of carbonyl (C=O) groups is 1. The molecule has 29 heavy (non-hydrogen) atoms. The van der Waals surface area contributed by atoms with Crippen LogP contribution in [-0.4, -0.2) is 59.6 Å². The van der Waals surface area contributed by atoms with Crippen LogP contribution in [0.4, 0.5) is 0 Å². The number of aromatic nitrogens is 2. The zero-order valence-corrected chi connectivity index (χ0v) is 16.8. The van der Waals surface area contributed by atoms with E-state index in [0.717, 1.165) is 22.7 Å². The number of aliphatic hydroxyl groups is 1. The molecule has 0 radical (unpaired) electrons. The first-order valence-electron chi connectivity index (χ1n) is 9.41. The van der Waals surface area contributed by atoms with Gasteiger partial charge in [-0.2, -0.15) is 5.10 Å². The predicted molar refractivity (Wildman–Crippen MR) is 111 cm³/mol. The smallest absolute Gasteiger partial charge is 0.274 e. The molecular formula is C22H25N3O4. The first-order chi connectivity index (χ1) is 14.1. The number of hydrogen-bond acceptors (Lipinski definition) is 5. The van der Waals surface area contributed by atoms with Gasteiger partial charge in [-0.05, 0) is 61.5 Å². The molecule has 7 nitrogen and oxygen atoms in total. The Morgan fingerprint density at radius 1 is 1.10 bits per heavy atom. The van der Waals surface area contributed by atoms with Crippen molar-refractivity contribution in [2.24, 2.45) is 0 Å². The van der Waals surface area contributed by atoms with E-state index in [0.29, 0.717) is 18.0 Å². The molecule has 7 heteroatoms. The highest BCUT2D eigenvalue weighted by Gasteiger charge is 2.19. The normalized spacial score (nSPS) is 10.6. The van der Waals surface area contributed by atoms with Crippen LogP contribution in [0.1, 0.15) is 17.4 Å². The lowest BCUT2D eigenvalue weighted by molar-refractivity contribution is 0.0796. The maximum atomic E-state index is 12.7. The fourth-order valence-corrected chi connectivity index (χ4v) is 2.84. The number of carbonyl (C=O) groups excluding carboxylic acids is 1. The topological polar surface area (TPSA) is 76.8 Å². The van der Waals surface area contributed by atoms with Gasteiger partial charge in [-0.1, -0.05) is 0 Å². The highest BCUT2D eigenvalue weighted by atomic mass is 16.5. The molecule has 0 aliphatic rings. The van der Waals surface area contributed by atoms with Gasteiger partial charge in [0.1, 0.15) is 18.1 Å². The molecule has 0 bridgehead atoms. The molecule has 2 aromatic carbocycles. The number of amides is 1. The minimum absolute atomic E-state index is 0.0393. The molecule has 0 unspecified atom stereocenters. The van der Waals surface area contributed by atoms with Crippen molar-refractivity contribution in [2.75, 3.05) is 33.9 Å². The highest BCUT2D eigenvalue weighted by molar-refractivity contribution is 5.93. The Labute approximate surface area is 170 Å². The third kappa shape index (κ3) is 4.57. The summed E-state index contributed by atoms with van der Waals surface area (Å²) in [5.41, 5.74) is 2.87. The van der Waals surface area contributed by atoms with E-state index in [-0.39, 0.29) is 19.1 Å². The summed E-state index contributed by atoms with van der Waals surface area (Å²) >= 11 is 0. The largest absolute Gasteiger partial charge is 0.497 e. The van der Waals surface area contributed by atoms with Crippen molar-refractivity contribution in [1.82, 2.24) is 14.7 Å². The Hall–Kier alpha value is -3.32. The third-order valence-corrected chi connectivity index (χ3v) is 4.58. The van der Waals surface area contributed by atoms with Crippen molar-refractivity contribution >= 4 is 5.91 Å². The van der Waals surface area contributed by atoms with Gasteiger partial charge in [0.15, 0.2) is 5.69 Å². The average Bonchev–Trinajstić information content (AvgIpc) is 3.22. The summed E-state index contributed by atoms with van der Waals surface area (Å²) in [5.74, 6) is 1.28. The van der Waals surface area contributed by atoms with E-state index in [1.807, 2.05) is 55.5 Å². The highest BCUT2D eigenvalue weighted by Crippen LogP contribution is 2.27. The molecule has 0 spiro atoms. The SMILES string of the molecule is CCN(C)C(=O)c1cc(-c2ccc(OCCO)cc2)n(-c2ccc(OC)cc2)n1. The summed E-state index contributed by atoms with van der Waals surface area (Å²) in [6.07, 6.45) is 0. The number of methoxy groups -OCH3 is 1. The molecule has 3 rings (SSSR count). The molecule has 0 fully saturated rings. The summed E-state index contributed by atoms with van der Waals surface area (Å²) in [4.78, 5) is 14.3. The average molecular weight is 395 g/mol. The van der Waals surface area contributed by atoms with E-state index in [1.54, 1.807) is 29.8 Å². The molecule has 1 N–H and O–H groups in total. The van der Waals surface area contributed by atoms with Crippen LogP contribution in [0.25, 0.3) is 16.9 Å². The van der Waals surface area contributed by atoms with Crippen molar-refractivity contribution in [3.8, 4) is 28.4 Å². The number of rotatable bonds is 8. The molecule has 0 aliphatic heterocycles. The molecule has 0 saturated heterocycles. The molecule has 1 amide bonds. The van der Waals surface area contributed by atoms with Gasteiger partial charge in [-0.3, -0.25) is 4.79 Å². The van der Waals surface area contributed by atoms with Gasteiger partial charge < -0.3 is 19.5 Å². The lowest BCUT2D eigenvalue weighted by Crippen LogP contribution is -2.26. The number of benzene rings is 2. The molecule has 0 aliphatic carbocycles. The number of ether oxygens (including phenoxy) is 2. The van der Waals surface area contributed by atoms with Gasteiger partial charge in [-0.15, -0.1) is 0 Å². The number of hydrogen-bond donors (Lipinski definition) is 1. The number of nitrogens with zero attached hydrogens (tertiary/aromatic N) is 3. The summed E-state index contributed by atoms with van der Waals surface area (Å²) in [7, 11) is 3.37. The second kappa shape index (κ2) is 9.25. The second-order valence-corrected chi connectivity index (χ2v) is 6.44. The van der Waals surface area contributed by atoms with Crippen LogP contribution in [0.3, 0.4) is 0 Å². The molecule has 0 atom stereocenters. The van der Waals surface area contributed by atoms with E-state index in [2.05, 4.69) is 5.10 Å². The van der Waals surface area contributed by atoms with Crippen molar-refractivity contribution < 1.29 is 19.4 Å². The fraction of sp³-hybridized carbons (Fsp3) is 0.273. The molecule has 1 heterocycles. The van der Waals surface area contributed by atoms with E-state index in [4.69, 9.17) is 14.6 Å². The van der Waals surface area contributed by atoms with Gasteiger partial charge in [0.2, 0.25) is 0 Å². The minimum atomic E-state index is -0.135. The fourth-order valence-electron chi connectivity index (χ4n) is 2.84. The Bertz CT molecular complexity index is 949. The molecular weight excluding hydrogens is 370 g/mol. The van der Waals surface area contributed by atoms with Crippen LogP contribution in [0.15, 0.2) is 54.6 Å². The summed E-state index contributed by atoms with van der Waals surface area (Å²) in [6.45, 7) is 2.72. The van der Waals surface area contributed by atoms with Gasteiger partial charge >= 0.3 is 0 Å². The van der Waals surface area contributed by atoms with Crippen molar-refractivity contribution in [3.63, 3.8) is 0 Å². The van der Waals surface area contributed by atoms with Gasteiger partial charge in [0.25, 0.3) is 5.91 Å². The van der Waals surface area contributed by atoms with Crippen molar-refractivity contribution in [2.45, 2.75) is 6.92 Å². The van der Waals surface area contributed by atoms with Crippen LogP contribution in [0.5, 0.6) is 11.5 Å². The molecule has 1 aromatic heterocycles. The number of aliphatic hydroxyl groups excluding tert-OH is 1. The zero-order chi connectivity index (χ0) is 20.8. The third-order valence-electron chi connectivity index (χ3n) is 4.58. The van der Waals surface area contributed by atoms with Crippen LogP contribution in [0.2, 0.25) is 0 Å². The van der Waals surface area contributed by atoms with Crippen LogP contribution in [-0.2, 0) is 0 Å². The standard InChI is InChI=1S/C22H25N3O4/c1-4-24(2)22(27)20-15-21(16-5-9-19(10-6-16)29-14-13-26)25(23-20)17-7-11-18(28-3)12-8-17/h5-12,15,26H,4,13-14H2,1-3H3. The van der Waals surface area contributed by atoms with Crippen molar-refractivity contribution in [3.05, 3.63) is 60.3 Å². The Morgan fingerprint density at radius 3 is 2.34 bits per heavy atom. The van der Waals surface area contributed by atoms with Gasteiger partial charge in [0, 0.05) is 19.2 Å².